The third-order valence-corrected chi connectivity index (χ3v) is 2.07. The van der Waals surface area contributed by atoms with Crippen LogP contribution in [-0.4, -0.2) is 17.0 Å². The van der Waals surface area contributed by atoms with Crippen LogP contribution in [0, 0.1) is 0 Å². The summed E-state index contributed by atoms with van der Waals surface area (Å²) in [6, 6.07) is 0. The van der Waals surface area contributed by atoms with Gasteiger partial charge >= 0.3 is 5.97 Å². The molecule has 1 aliphatic rings. The molecule has 0 aliphatic heterocycles. The summed E-state index contributed by atoms with van der Waals surface area (Å²) >= 11 is 0. The monoisotopic (exact) mass is 192 g/mol. The molecule has 0 saturated heterocycles. The lowest BCUT2D eigenvalue weighted by molar-refractivity contribution is -0.137. The third kappa shape index (κ3) is 3.42. The lowest BCUT2D eigenvalue weighted by Crippen LogP contribution is -1.96. The fraction of sp³-hybridized carbons (Fsp3) is 0.364. The van der Waals surface area contributed by atoms with Gasteiger partial charge in [0, 0.05) is 18.4 Å². The summed E-state index contributed by atoms with van der Waals surface area (Å²) in [6.45, 7) is 0. The molecule has 0 spiro atoms. The molecule has 1 aliphatic carbocycles. The van der Waals surface area contributed by atoms with E-state index in [1.807, 2.05) is 12.0 Å². The highest BCUT2D eigenvalue weighted by molar-refractivity contribution is 5.66. The Balaban J connectivity index is 2.39. The minimum absolute atomic E-state index is 0.182. The van der Waals surface area contributed by atoms with Gasteiger partial charge in [-0.1, -0.05) is 17.7 Å². The molecule has 1 rings (SSSR count). The van der Waals surface area contributed by atoms with Crippen molar-refractivity contribution in [1.29, 1.82) is 0 Å². The van der Waals surface area contributed by atoms with Gasteiger partial charge in [0.2, 0.25) is 0 Å². The Morgan fingerprint density at radius 3 is 3.00 bits per heavy atom. The average molecular weight is 192 g/mol. The molecule has 14 heavy (non-hydrogen) atoms. The zero-order valence-electron chi connectivity index (χ0n) is 7.82. The predicted octanol–water partition coefficient (Wildman–Crippen LogP) is 1.89. The fourth-order valence-corrected chi connectivity index (χ4v) is 1.37. The van der Waals surface area contributed by atoms with Crippen LogP contribution in [0.5, 0.6) is 0 Å². The molecule has 1 N–H and O–H groups in total. The fourth-order valence-electron chi connectivity index (χ4n) is 1.37. The van der Waals surface area contributed by atoms with E-state index in [2.05, 4.69) is 0 Å². The first kappa shape index (κ1) is 10.5. The molecule has 0 fully saturated rings. The molecule has 3 heteroatoms. The standard InChI is InChI=1S/C11H12O3/c12-8-10-5-1-3-9(7-10)4-2-6-11(13)14/h1,3,5H,2,4,6-7H2,(H,13,14). The van der Waals surface area contributed by atoms with Crippen molar-refractivity contribution in [2.24, 2.45) is 0 Å². The van der Waals surface area contributed by atoms with Gasteiger partial charge < -0.3 is 5.11 Å². The number of hydrogen-bond acceptors (Lipinski definition) is 2. The van der Waals surface area contributed by atoms with E-state index in [0.717, 1.165) is 12.0 Å². The highest BCUT2D eigenvalue weighted by atomic mass is 16.4. The molecule has 0 unspecified atom stereocenters. The van der Waals surface area contributed by atoms with Crippen molar-refractivity contribution < 1.29 is 14.7 Å². The van der Waals surface area contributed by atoms with E-state index < -0.39 is 5.97 Å². The summed E-state index contributed by atoms with van der Waals surface area (Å²) in [7, 11) is 0. The van der Waals surface area contributed by atoms with Crippen molar-refractivity contribution in [3.63, 3.8) is 0 Å². The topological polar surface area (TPSA) is 54.4 Å². The molecule has 0 saturated carbocycles. The maximum atomic E-state index is 10.4. The lowest BCUT2D eigenvalue weighted by atomic mass is 9.97. The third-order valence-electron chi connectivity index (χ3n) is 2.07. The quantitative estimate of drug-likeness (QED) is 0.692. The van der Waals surface area contributed by atoms with Crippen LogP contribution in [0.4, 0.5) is 0 Å². The Morgan fingerprint density at radius 2 is 2.36 bits per heavy atom. The number of aliphatic carboxylic acids is 1. The van der Waals surface area contributed by atoms with Crippen LogP contribution >= 0.6 is 0 Å². The van der Waals surface area contributed by atoms with Crippen LogP contribution in [0.25, 0.3) is 0 Å². The van der Waals surface area contributed by atoms with Crippen molar-refractivity contribution in [3.8, 4) is 0 Å². The van der Waals surface area contributed by atoms with Gasteiger partial charge in [0.1, 0.15) is 5.94 Å². The molecule has 0 heterocycles. The van der Waals surface area contributed by atoms with Crippen LogP contribution in [-0.2, 0) is 9.59 Å². The minimum atomic E-state index is -0.775. The molecule has 0 bridgehead atoms. The summed E-state index contributed by atoms with van der Waals surface area (Å²) in [5.74, 6) is 1.08. The van der Waals surface area contributed by atoms with Gasteiger partial charge in [-0.05, 0) is 18.9 Å². The number of hydrogen-bond donors (Lipinski definition) is 1. The number of allylic oxidation sites excluding steroid dienone is 5. The molecule has 0 amide bonds. The summed E-state index contributed by atoms with van der Waals surface area (Å²) in [5, 5.41) is 8.44. The van der Waals surface area contributed by atoms with Gasteiger partial charge in [0.15, 0.2) is 0 Å². The first-order valence-corrected chi connectivity index (χ1v) is 4.54. The van der Waals surface area contributed by atoms with Gasteiger partial charge in [-0.15, -0.1) is 0 Å². The highest BCUT2D eigenvalue weighted by Gasteiger charge is 2.05. The van der Waals surface area contributed by atoms with Crippen LogP contribution in [0.1, 0.15) is 25.7 Å². The largest absolute Gasteiger partial charge is 0.481 e. The van der Waals surface area contributed by atoms with Crippen LogP contribution in [0.2, 0.25) is 0 Å². The summed E-state index contributed by atoms with van der Waals surface area (Å²) in [6.07, 6.45) is 7.62. The van der Waals surface area contributed by atoms with Crippen LogP contribution in [0.3, 0.4) is 0 Å². The molecule has 0 aromatic carbocycles. The molecular formula is C11H12O3. The van der Waals surface area contributed by atoms with Crippen LogP contribution in [0.15, 0.2) is 29.4 Å². The first-order valence-electron chi connectivity index (χ1n) is 4.54. The van der Waals surface area contributed by atoms with Crippen LogP contribution < -0.4 is 0 Å². The van der Waals surface area contributed by atoms with Gasteiger partial charge in [-0.2, -0.15) is 0 Å². The molecule has 0 aromatic rings. The second kappa shape index (κ2) is 5.20. The molecule has 3 nitrogen and oxygen atoms in total. The second-order valence-electron chi connectivity index (χ2n) is 3.24. The molecule has 0 radical (unpaired) electrons. The van der Waals surface area contributed by atoms with E-state index in [1.165, 1.54) is 0 Å². The molecular weight excluding hydrogens is 180 g/mol. The Bertz CT molecular complexity index is 330. The molecule has 74 valence electrons. The first-order chi connectivity index (χ1) is 6.72. The Kier molecular flexibility index (Phi) is 3.89. The maximum Gasteiger partial charge on any atom is 0.303 e. The molecule has 0 aromatic heterocycles. The van der Waals surface area contributed by atoms with Crippen molar-refractivity contribution in [3.05, 3.63) is 29.4 Å². The van der Waals surface area contributed by atoms with Crippen molar-refractivity contribution in [2.75, 3.05) is 0 Å². The minimum Gasteiger partial charge on any atom is -0.481 e. The van der Waals surface area contributed by atoms with Gasteiger partial charge in [0.05, 0.1) is 0 Å². The van der Waals surface area contributed by atoms with E-state index in [-0.39, 0.29) is 6.42 Å². The van der Waals surface area contributed by atoms with E-state index in [9.17, 15) is 9.59 Å². The summed E-state index contributed by atoms with van der Waals surface area (Å²) < 4.78 is 0. The average Bonchev–Trinajstić information content (AvgIpc) is 2.18. The van der Waals surface area contributed by atoms with Gasteiger partial charge in [0.25, 0.3) is 0 Å². The lowest BCUT2D eigenvalue weighted by Gasteiger charge is -2.08. The summed E-state index contributed by atoms with van der Waals surface area (Å²) in [4.78, 5) is 20.6. The highest BCUT2D eigenvalue weighted by Crippen LogP contribution is 2.20. The Morgan fingerprint density at radius 1 is 1.57 bits per heavy atom. The Hall–Kier alpha value is -1.60. The number of carbonyl (C=O) groups excluding carboxylic acids is 1. The number of carboxylic acids is 1. The van der Waals surface area contributed by atoms with E-state index >= 15 is 0 Å². The zero-order chi connectivity index (χ0) is 10.4. The van der Waals surface area contributed by atoms with E-state index in [4.69, 9.17) is 5.11 Å². The summed E-state index contributed by atoms with van der Waals surface area (Å²) in [5.41, 5.74) is 1.74. The number of carbonyl (C=O) groups is 1. The van der Waals surface area contributed by atoms with E-state index in [1.54, 1.807) is 12.2 Å². The predicted molar refractivity (Wildman–Crippen MR) is 52.5 cm³/mol. The maximum absolute atomic E-state index is 10.4. The van der Waals surface area contributed by atoms with E-state index in [0.29, 0.717) is 18.4 Å². The van der Waals surface area contributed by atoms with Crippen molar-refractivity contribution >= 4 is 11.9 Å². The number of rotatable bonds is 4. The molecule has 0 atom stereocenters. The second-order valence-corrected chi connectivity index (χ2v) is 3.24. The Labute approximate surface area is 82.4 Å². The van der Waals surface area contributed by atoms with Gasteiger partial charge in [-0.3, -0.25) is 4.79 Å². The zero-order valence-corrected chi connectivity index (χ0v) is 7.82. The number of carboxylic acid groups (broad SMARTS) is 1. The van der Waals surface area contributed by atoms with Crippen molar-refractivity contribution in [1.82, 2.24) is 0 Å². The smallest absolute Gasteiger partial charge is 0.303 e. The SMILES string of the molecule is O=C=C1C=CC=C(CCCC(=O)O)C1. The van der Waals surface area contributed by atoms with Crippen molar-refractivity contribution in [2.45, 2.75) is 25.7 Å². The van der Waals surface area contributed by atoms with Gasteiger partial charge in [-0.25, -0.2) is 4.79 Å². The normalized spacial score (nSPS) is 14.9.